The molecule has 12 heteroatoms. The van der Waals surface area contributed by atoms with Crippen molar-refractivity contribution in [3.63, 3.8) is 0 Å². The van der Waals surface area contributed by atoms with Crippen LogP contribution in [-0.2, 0) is 16.4 Å². The third-order valence-electron chi connectivity index (χ3n) is 4.58. The van der Waals surface area contributed by atoms with E-state index < -0.39 is 16.0 Å². The number of benzene rings is 2. The second-order valence-electron chi connectivity index (χ2n) is 7.67. The summed E-state index contributed by atoms with van der Waals surface area (Å²) in [6.07, 6.45) is 2.45. The van der Waals surface area contributed by atoms with Gasteiger partial charge in [-0.25, -0.2) is 18.2 Å². The molecule has 0 radical (unpaired) electrons. The number of sulfonamides is 1. The van der Waals surface area contributed by atoms with Gasteiger partial charge in [-0.3, -0.25) is 9.52 Å². The maximum Gasteiger partial charge on any atom is 0.336 e. The molecule has 0 aliphatic heterocycles. The Morgan fingerprint density at radius 1 is 1.14 bits per heavy atom. The zero-order valence-corrected chi connectivity index (χ0v) is 20.8. The molecular formula is C23H25N5O5S2. The molecule has 2 N–H and O–H groups in total. The number of nitrogens with one attached hydrogen (secondary N) is 1. The molecule has 0 atom stereocenters. The van der Waals surface area contributed by atoms with E-state index in [1.807, 2.05) is 0 Å². The standard InChI is InChI=1S/C18H14N2O5S2.C5H11N3/c21-16(14-3-1-2-4-15(14)17(22)23)11-12-5-7-13(8-6-12)27(24,25)20-18-19-9-10-26-18;1-5(2)3-4-7-8-6/h1-10H,11H2,(H,19,20)(H,22,23);5H,3-4H2,1-2H3. The molecule has 35 heavy (non-hydrogen) atoms. The molecule has 0 spiro atoms. The number of thiazole rings is 1. The first-order valence-electron chi connectivity index (χ1n) is 10.5. The van der Waals surface area contributed by atoms with Gasteiger partial charge in [-0.2, -0.15) is 0 Å². The van der Waals surface area contributed by atoms with Gasteiger partial charge >= 0.3 is 5.97 Å². The van der Waals surface area contributed by atoms with Crippen LogP contribution in [0.3, 0.4) is 0 Å². The van der Waals surface area contributed by atoms with Gasteiger partial charge in [0.1, 0.15) is 0 Å². The Bertz CT molecular complexity index is 1280. The van der Waals surface area contributed by atoms with Crippen LogP contribution in [0.15, 0.2) is 70.1 Å². The Kier molecular flexibility index (Phi) is 10.4. The monoisotopic (exact) mass is 515 g/mol. The molecule has 0 aliphatic carbocycles. The summed E-state index contributed by atoms with van der Waals surface area (Å²) in [4.78, 5) is 30.2. The highest BCUT2D eigenvalue weighted by Crippen LogP contribution is 2.19. The Balaban J connectivity index is 0.000000466. The lowest BCUT2D eigenvalue weighted by atomic mass is 9.98. The van der Waals surface area contributed by atoms with Crippen LogP contribution in [0, 0.1) is 5.92 Å². The average molecular weight is 516 g/mol. The van der Waals surface area contributed by atoms with Gasteiger partial charge in [0.2, 0.25) is 0 Å². The summed E-state index contributed by atoms with van der Waals surface area (Å²) in [5.41, 5.74) is 8.47. The van der Waals surface area contributed by atoms with Gasteiger partial charge in [0.05, 0.1) is 10.5 Å². The number of carboxylic acids is 1. The lowest BCUT2D eigenvalue weighted by Crippen LogP contribution is -2.13. The number of ketones is 1. The summed E-state index contributed by atoms with van der Waals surface area (Å²) in [7, 11) is -3.76. The normalized spacial score (nSPS) is 10.6. The van der Waals surface area contributed by atoms with Gasteiger partial charge in [0.15, 0.2) is 10.9 Å². The van der Waals surface area contributed by atoms with Gasteiger partial charge in [0, 0.05) is 35.0 Å². The molecule has 0 aliphatic rings. The molecule has 0 amide bonds. The second-order valence-corrected chi connectivity index (χ2v) is 10.3. The first kappa shape index (κ1) is 27.5. The fourth-order valence-electron chi connectivity index (χ4n) is 2.79. The van der Waals surface area contributed by atoms with E-state index in [-0.39, 0.29) is 33.4 Å². The predicted molar refractivity (Wildman–Crippen MR) is 134 cm³/mol. The summed E-state index contributed by atoms with van der Waals surface area (Å²) in [6.45, 7) is 4.84. The van der Waals surface area contributed by atoms with E-state index in [0.29, 0.717) is 18.0 Å². The summed E-state index contributed by atoms with van der Waals surface area (Å²) in [5.74, 6) is -0.890. The van der Waals surface area contributed by atoms with E-state index in [0.717, 1.165) is 17.8 Å². The minimum atomic E-state index is -3.76. The lowest BCUT2D eigenvalue weighted by molar-refractivity contribution is 0.0692. The summed E-state index contributed by atoms with van der Waals surface area (Å²) in [5, 5.41) is 14.5. The molecule has 1 aromatic heterocycles. The molecule has 0 unspecified atom stereocenters. The third kappa shape index (κ3) is 8.85. The molecule has 184 valence electrons. The minimum absolute atomic E-state index is 0.0372. The number of carbonyl (C=O) groups excluding carboxylic acids is 1. The number of Topliss-reactive ketones (excluding diaryl/α,β-unsaturated/α-hetero) is 1. The molecule has 0 fully saturated rings. The average Bonchev–Trinajstić information content (AvgIpc) is 3.32. The molecule has 3 aromatic rings. The topological polar surface area (TPSA) is 162 Å². The molecule has 0 saturated heterocycles. The Morgan fingerprint density at radius 2 is 1.80 bits per heavy atom. The number of aromatic carboxylic acids is 1. The molecule has 0 bridgehead atoms. The number of carbonyl (C=O) groups is 2. The summed E-state index contributed by atoms with van der Waals surface area (Å²) < 4.78 is 27.0. The number of carboxylic acid groups (broad SMARTS) is 1. The zero-order chi connectivity index (χ0) is 25.8. The van der Waals surface area contributed by atoms with Crippen molar-refractivity contribution >= 4 is 38.2 Å². The number of aromatic nitrogens is 1. The van der Waals surface area contributed by atoms with Gasteiger partial charge in [-0.05, 0) is 41.6 Å². The van der Waals surface area contributed by atoms with E-state index in [1.165, 1.54) is 42.6 Å². The maximum absolute atomic E-state index is 12.4. The minimum Gasteiger partial charge on any atom is -0.478 e. The Labute approximate surface area is 207 Å². The zero-order valence-electron chi connectivity index (χ0n) is 19.2. The van der Waals surface area contributed by atoms with E-state index in [1.54, 1.807) is 17.5 Å². The number of hydrogen-bond donors (Lipinski definition) is 2. The van der Waals surface area contributed by atoms with Gasteiger partial charge in [-0.15, -0.1) is 11.3 Å². The summed E-state index contributed by atoms with van der Waals surface area (Å²) >= 11 is 1.16. The van der Waals surface area contributed by atoms with Crippen LogP contribution < -0.4 is 4.72 Å². The van der Waals surface area contributed by atoms with Gasteiger partial charge in [0.25, 0.3) is 10.0 Å². The summed E-state index contributed by atoms with van der Waals surface area (Å²) in [6, 6.07) is 11.8. The number of anilines is 1. The van der Waals surface area contributed by atoms with E-state index in [9.17, 15) is 23.1 Å². The third-order valence-corrected chi connectivity index (χ3v) is 6.75. The molecule has 2 aromatic carbocycles. The van der Waals surface area contributed by atoms with Gasteiger partial charge < -0.3 is 5.11 Å². The predicted octanol–water partition coefficient (Wildman–Crippen LogP) is 5.41. The van der Waals surface area contributed by atoms with E-state index in [4.69, 9.17) is 5.53 Å². The fourth-order valence-corrected chi connectivity index (χ4v) is 4.58. The van der Waals surface area contributed by atoms with Crippen molar-refractivity contribution < 1.29 is 23.1 Å². The van der Waals surface area contributed by atoms with Crippen molar-refractivity contribution in [3.8, 4) is 0 Å². The van der Waals surface area contributed by atoms with Crippen molar-refractivity contribution in [2.24, 2.45) is 11.0 Å². The number of azide groups is 1. The highest BCUT2D eigenvalue weighted by atomic mass is 32.2. The highest BCUT2D eigenvalue weighted by molar-refractivity contribution is 7.93. The SMILES string of the molecule is CC(C)CCN=[N+]=[N-].O=C(O)c1ccccc1C(=O)Cc1ccc(S(=O)(=O)Nc2nccs2)cc1. The van der Waals surface area contributed by atoms with Crippen LogP contribution in [0.25, 0.3) is 10.4 Å². The number of rotatable bonds is 10. The smallest absolute Gasteiger partial charge is 0.336 e. The molecule has 1 heterocycles. The number of hydrogen-bond acceptors (Lipinski definition) is 7. The Hall–Kier alpha value is -3.73. The first-order chi connectivity index (χ1) is 16.6. The van der Waals surface area contributed by atoms with Crippen LogP contribution in [0.4, 0.5) is 5.13 Å². The van der Waals surface area contributed by atoms with E-state index >= 15 is 0 Å². The van der Waals surface area contributed by atoms with Crippen LogP contribution in [0.1, 0.15) is 46.5 Å². The lowest BCUT2D eigenvalue weighted by Gasteiger charge is -2.07. The van der Waals surface area contributed by atoms with Crippen molar-refractivity contribution in [2.45, 2.75) is 31.6 Å². The Morgan fingerprint density at radius 3 is 2.34 bits per heavy atom. The van der Waals surface area contributed by atoms with Crippen molar-refractivity contribution in [3.05, 3.63) is 87.2 Å². The highest BCUT2D eigenvalue weighted by Gasteiger charge is 2.18. The van der Waals surface area contributed by atoms with Crippen LogP contribution in [0.5, 0.6) is 0 Å². The molecule has 3 rings (SSSR count). The van der Waals surface area contributed by atoms with Crippen LogP contribution in [0.2, 0.25) is 0 Å². The molecule has 10 nitrogen and oxygen atoms in total. The van der Waals surface area contributed by atoms with Crippen LogP contribution in [-0.4, -0.2) is 36.8 Å². The van der Waals surface area contributed by atoms with Crippen molar-refractivity contribution in [2.75, 3.05) is 11.3 Å². The largest absolute Gasteiger partial charge is 0.478 e. The maximum atomic E-state index is 12.4. The van der Waals surface area contributed by atoms with E-state index in [2.05, 4.69) is 33.6 Å². The molecule has 0 saturated carbocycles. The number of nitrogens with zero attached hydrogens (tertiary/aromatic N) is 4. The quantitative estimate of drug-likeness (QED) is 0.159. The van der Waals surface area contributed by atoms with Gasteiger partial charge in [-0.1, -0.05) is 49.3 Å². The van der Waals surface area contributed by atoms with Crippen molar-refractivity contribution in [1.82, 2.24) is 4.98 Å². The first-order valence-corrected chi connectivity index (χ1v) is 12.9. The molecular weight excluding hydrogens is 490 g/mol. The fraction of sp³-hybridized carbons (Fsp3) is 0.261. The van der Waals surface area contributed by atoms with Crippen molar-refractivity contribution in [1.29, 1.82) is 0 Å². The second kappa shape index (κ2) is 13.2. The van der Waals surface area contributed by atoms with Crippen LogP contribution >= 0.6 is 11.3 Å².